The summed E-state index contributed by atoms with van der Waals surface area (Å²) in [5.41, 5.74) is 3.09. The van der Waals surface area contributed by atoms with E-state index >= 15 is 0 Å². The highest BCUT2D eigenvalue weighted by atomic mass is 32.2. The number of hydrogen-bond acceptors (Lipinski definition) is 8. The molecule has 0 spiro atoms. The minimum absolute atomic E-state index is 0.000278. The van der Waals surface area contributed by atoms with Gasteiger partial charge in [0.25, 0.3) is 5.56 Å². The lowest BCUT2D eigenvalue weighted by Crippen LogP contribution is -2.39. The van der Waals surface area contributed by atoms with Gasteiger partial charge in [-0.25, -0.2) is 4.79 Å². The first-order chi connectivity index (χ1) is 22.6. The number of amides is 3. The molecule has 0 bridgehead atoms. The van der Waals surface area contributed by atoms with E-state index in [1.807, 2.05) is 68.8 Å². The van der Waals surface area contributed by atoms with E-state index in [4.69, 9.17) is 4.74 Å². The van der Waals surface area contributed by atoms with E-state index in [0.29, 0.717) is 18.0 Å². The van der Waals surface area contributed by atoms with Crippen molar-refractivity contribution < 1.29 is 23.7 Å². The zero-order valence-electron chi connectivity index (χ0n) is 27.5. The Kier molecular flexibility index (Phi) is 12.7. The number of H-pyrrole nitrogens is 1. The molecule has 1 saturated heterocycles. The molecule has 1 aliphatic heterocycles. The summed E-state index contributed by atoms with van der Waals surface area (Å²) in [5.74, 6) is 1.08. The lowest BCUT2D eigenvalue weighted by atomic mass is 9.99. The Morgan fingerprint density at radius 2 is 1.87 bits per heavy atom. The maximum Gasteiger partial charge on any atom is 0.414 e. The van der Waals surface area contributed by atoms with Crippen LogP contribution in [0.25, 0.3) is 11.1 Å². The van der Waals surface area contributed by atoms with E-state index in [1.165, 1.54) is 4.90 Å². The number of unbranched alkanes of at least 4 members (excludes halogenated alkanes) is 2. The van der Waals surface area contributed by atoms with Crippen LogP contribution >= 0.6 is 11.8 Å². The van der Waals surface area contributed by atoms with Crippen LogP contribution in [0.5, 0.6) is 5.75 Å². The minimum Gasteiger partial charge on any atom is -0.410 e. The van der Waals surface area contributed by atoms with Crippen LogP contribution in [0.2, 0.25) is 0 Å². The number of nitrogens with one attached hydrogen (secondary N) is 2. The summed E-state index contributed by atoms with van der Waals surface area (Å²) < 4.78 is 7.74. The summed E-state index contributed by atoms with van der Waals surface area (Å²) in [5, 5.41) is 12.1. The van der Waals surface area contributed by atoms with Crippen molar-refractivity contribution in [3.63, 3.8) is 0 Å². The van der Waals surface area contributed by atoms with Crippen molar-refractivity contribution in [2.45, 2.75) is 56.7 Å². The van der Waals surface area contributed by atoms with Gasteiger partial charge in [0.05, 0.1) is 5.25 Å². The summed E-state index contributed by atoms with van der Waals surface area (Å²) in [6, 6.07) is 15.1. The van der Waals surface area contributed by atoms with Crippen LogP contribution in [-0.2, 0) is 9.59 Å². The van der Waals surface area contributed by atoms with Gasteiger partial charge < -0.3 is 19.9 Å². The maximum absolute atomic E-state index is 12.5. The van der Waals surface area contributed by atoms with Gasteiger partial charge in [0.2, 0.25) is 11.8 Å². The number of benzene rings is 1. The number of hydrogen-bond donors (Lipinski definition) is 2. The molecule has 248 valence electrons. The number of nitrogens with zero attached hydrogens (tertiary/aromatic N) is 4. The highest BCUT2D eigenvalue weighted by Gasteiger charge is 2.36. The molecule has 3 heterocycles. The Labute approximate surface area is 279 Å². The van der Waals surface area contributed by atoms with Gasteiger partial charge in [0.1, 0.15) is 17.4 Å². The molecule has 0 aliphatic carbocycles. The van der Waals surface area contributed by atoms with Gasteiger partial charge in [-0.15, -0.1) is 11.8 Å². The number of nitriles is 1. The summed E-state index contributed by atoms with van der Waals surface area (Å²) in [6.45, 7) is 3.22. The first-order valence-corrected chi connectivity index (χ1v) is 16.9. The van der Waals surface area contributed by atoms with Crippen molar-refractivity contribution in [2.24, 2.45) is 0 Å². The number of ether oxygens (including phenoxy) is 1. The Hall–Kier alpha value is -4.47. The molecular weight excluding hydrogens is 616 g/mol. The number of carbonyl (C=O) groups is 3. The quantitative estimate of drug-likeness (QED) is 0.141. The van der Waals surface area contributed by atoms with Crippen LogP contribution in [0.1, 0.15) is 61.4 Å². The van der Waals surface area contributed by atoms with Crippen molar-refractivity contribution in [2.75, 3.05) is 40.0 Å². The minimum atomic E-state index is -0.402. The van der Waals surface area contributed by atoms with E-state index in [0.717, 1.165) is 61.1 Å². The number of carbonyl (C=O) groups excluding carboxylic acids is 3. The van der Waals surface area contributed by atoms with Crippen molar-refractivity contribution in [3.8, 4) is 22.9 Å². The molecule has 3 amide bonds. The number of imide groups is 1. The zero-order chi connectivity index (χ0) is 33.9. The second kappa shape index (κ2) is 16.9. The third-order valence-electron chi connectivity index (χ3n) is 8.37. The van der Waals surface area contributed by atoms with E-state index < -0.39 is 11.7 Å². The Balaban J connectivity index is 1.45. The highest BCUT2D eigenvalue weighted by molar-refractivity contribution is 8.00. The third-order valence-corrected chi connectivity index (χ3v) is 9.66. The molecule has 0 saturated carbocycles. The maximum atomic E-state index is 12.5. The van der Waals surface area contributed by atoms with E-state index in [2.05, 4.69) is 14.9 Å². The fourth-order valence-electron chi connectivity index (χ4n) is 5.53. The summed E-state index contributed by atoms with van der Waals surface area (Å²) in [7, 11) is 5.14. The number of rotatable bonds is 15. The van der Waals surface area contributed by atoms with E-state index in [-0.39, 0.29) is 35.1 Å². The lowest BCUT2D eigenvalue weighted by Gasteiger charge is -2.17. The van der Waals surface area contributed by atoms with Gasteiger partial charge in [-0.3, -0.25) is 19.3 Å². The van der Waals surface area contributed by atoms with Gasteiger partial charge in [0, 0.05) is 62.4 Å². The molecule has 2 unspecified atom stereocenters. The van der Waals surface area contributed by atoms with Gasteiger partial charge >= 0.3 is 6.09 Å². The van der Waals surface area contributed by atoms with Crippen LogP contribution in [0.15, 0.2) is 59.7 Å². The van der Waals surface area contributed by atoms with Gasteiger partial charge in [-0.05, 0) is 81.4 Å². The molecule has 11 nitrogen and oxygen atoms in total. The smallest absolute Gasteiger partial charge is 0.410 e. The predicted octanol–water partition coefficient (Wildman–Crippen LogP) is 4.19. The molecule has 2 aromatic heterocycles. The molecular formula is C35H43N6O5S+. The van der Waals surface area contributed by atoms with E-state index in [9.17, 15) is 24.4 Å². The number of likely N-dealkylation sites (tertiary alicyclic amines) is 1. The van der Waals surface area contributed by atoms with Gasteiger partial charge in [-0.1, -0.05) is 6.42 Å². The molecule has 12 heteroatoms. The molecule has 3 aromatic rings. The average molecular weight is 660 g/mol. The predicted molar refractivity (Wildman–Crippen MR) is 181 cm³/mol. The second-order valence-electron chi connectivity index (χ2n) is 11.7. The Morgan fingerprint density at radius 3 is 2.51 bits per heavy atom. The molecule has 1 aliphatic rings. The fraction of sp³-hybridized carbons (Fsp3) is 0.429. The third kappa shape index (κ3) is 9.30. The van der Waals surface area contributed by atoms with Crippen molar-refractivity contribution in [3.05, 3.63) is 82.0 Å². The normalized spacial score (nSPS) is 15.0. The first-order valence-electron chi connectivity index (χ1n) is 15.9. The molecule has 2 atom stereocenters. The summed E-state index contributed by atoms with van der Waals surface area (Å²) in [4.78, 5) is 54.2. The summed E-state index contributed by atoms with van der Waals surface area (Å²) in [6.07, 6.45) is 8.40. The van der Waals surface area contributed by atoms with Crippen molar-refractivity contribution in [1.29, 1.82) is 5.26 Å². The van der Waals surface area contributed by atoms with E-state index in [1.54, 1.807) is 36.8 Å². The molecule has 4 rings (SSSR count). The number of aromatic nitrogens is 2. The fourth-order valence-corrected chi connectivity index (χ4v) is 6.75. The lowest BCUT2D eigenvalue weighted by molar-refractivity contribution is -0.714. The van der Waals surface area contributed by atoms with Gasteiger partial charge in [0.15, 0.2) is 18.4 Å². The largest absolute Gasteiger partial charge is 0.414 e. The van der Waals surface area contributed by atoms with Crippen LogP contribution in [0, 0.1) is 18.3 Å². The van der Waals surface area contributed by atoms with Gasteiger partial charge in [-0.2, -0.15) is 9.83 Å². The SMILES string of the molecule is CNCCCN(C)C(=O)Oc1ccc(C(CCCCCSC2CC(=O)N(C)C2=O)[n+]2ccc(-c3cc(C#N)c(=O)[nH]c3C)cc2)cc1. The Bertz CT molecular complexity index is 1650. The molecule has 0 radical (unpaired) electrons. The Morgan fingerprint density at radius 1 is 1.15 bits per heavy atom. The van der Waals surface area contributed by atoms with Crippen LogP contribution in [-0.4, -0.2) is 77.9 Å². The number of aryl methyl sites for hydroxylation is 1. The molecule has 47 heavy (non-hydrogen) atoms. The standard InChI is InChI=1S/C35H42N6O5S/c1-24-29(21-27(23-36)33(43)38-24)25-14-18-41(19-15-25)30(9-6-5-7-20-47-31-22-32(42)40(4)34(31)44)26-10-12-28(13-11-26)46-35(45)39(3)17-8-16-37-2/h10-15,18-19,21,30-31,37H,5-9,16-17,20,22H2,1-4H3/p+1. The first kappa shape index (κ1) is 35.4. The van der Waals surface area contributed by atoms with Crippen molar-refractivity contribution in [1.82, 2.24) is 20.1 Å². The zero-order valence-corrected chi connectivity index (χ0v) is 28.3. The molecule has 1 aromatic carbocycles. The average Bonchev–Trinajstić information content (AvgIpc) is 3.31. The number of aromatic amines is 1. The van der Waals surface area contributed by atoms with Crippen LogP contribution in [0.4, 0.5) is 4.79 Å². The number of pyridine rings is 2. The van der Waals surface area contributed by atoms with Crippen molar-refractivity contribution >= 4 is 29.7 Å². The molecule has 1 fully saturated rings. The highest BCUT2D eigenvalue weighted by Crippen LogP contribution is 2.27. The monoisotopic (exact) mass is 659 g/mol. The summed E-state index contributed by atoms with van der Waals surface area (Å²) >= 11 is 1.56. The molecule has 2 N–H and O–H groups in total. The number of thioether (sulfide) groups is 1. The van der Waals surface area contributed by atoms with Crippen LogP contribution < -0.4 is 20.2 Å². The topological polar surface area (TPSA) is 139 Å². The second-order valence-corrected chi connectivity index (χ2v) is 13.0. The van der Waals surface area contributed by atoms with Crippen LogP contribution in [0.3, 0.4) is 0 Å².